The predicted octanol–water partition coefficient (Wildman–Crippen LogP) is 4.32. The van der Waals surface area contributed by atoms with Gasteiger partial charge in [-0.05, 0) is 49.0 Å². The first-order valence-electron chi connectivity index (χ1n) is 7.16. The Bertz CT molecular complexity index is 662. The first-order chi connectivity index (χ1) is 10.6. The quantitative estimate of drug-likeness (QED) is 0.900. The summed E-state index contributed by atoms with van der Waals surface area (Å²) in [6, 6.07) is 8.55. The van der Waals surface area contributed by atoms with Crippen LogP contribution in [0.25, 0.3) is 0 Å². The number of carbonyl (C=O) groups is 1. The lowest BCUT2D eigenvalue weighted by atomic mass is 10.2. The van der Waals surface area contributed by atoms with Crippen LogP contribution in [0.1, 0.15) is 23.8 Å². The topological polar surface area (TPSA) is 32.3 Å². The molecular weight excluding hydrogens is 323 g/mol. The number of carbonyl (C=O) groups excluding carboxylic acids is 1. The third-order valence-corrected chi connectivity index (χ3v) is 4.99. The highest BCUT2D eigenvalue weighted by Gasteiger charge is 2.28. The lowest BCUT2D eigenvalue weighted by molar-refractivity contribution is -0.117. The summed E-state index contributed by atoms with van der Waals surface area (Å²) in [5.74, 6) is -0.696. The van der Waals surface area contributed by atoms with Crippen molar-refractivity contribution in [1.82, 2.24) is 4.90 Å². The van der Waals surface area contributed by atoms with E-state index in [2.05, 4.69) is 16.3 Å². The van der Waals surface area contributed by atoms with Crippen molar-refractivity contribution in [1.29, 1.82) is 0 Å². The summed E-state index contributed by atoms with van der Waals surface area (Å²) >= 11 is 7.54. The molecular formula is C16H16ClFN2OS. The van der Waals surface area contributed by atoms with Gasteiger partial charge in [-0.1, -0.05) is 17.7 Å². The molecule has 3 nitrogen and oxygen atoms in total. The molecule has 1 saturated heterocycles. The number of anilines is 1. The van der Waals surface area contributed by atoms with Crippen LogP contribution in [0, 0.1) is 5.82 Å². The lowest BCUT2D eigenvalue weighted by Crippen LogP contribution is -2.32. The monoisotopic (exact) mass is 338 g/mol. The zero-order chi connectivity index (χ0) is 15.5. The highest BCUT2D eigenvalue weighted by Crippen LogP contribution is 2.34. The molecule has 3 rings (SSSR count). The SMILES string of the molecule is O=C(CN1CCCC1c1cccs1)Nc1cc(Cl)ccc1F. The summed E-state index contributed by atoms with van der Waals surface area (Å²) in [7, 11) is 0. The molecule has 1 unspecified atom stereocenters. The third-order valence-electron chi connectivity index (χ3n) is 3.78. The number of rotatable bonds is 4. The van der Waals surface area contributed by atoms with E-state index < -0.39 is 5.82 Å². The average Bonchev–Trinajstić information content (AvgIpc) is 3.13. The summed E-state index contributed by atoms with van der Waals surface area (Å²) in [5.41, 5.74) is 0.129. The number of hydrogen-bond acceptors (Lipinski definition) is 3. The average molecular weight is 339 g/mol. The summed E-state index contributed by atoms with van der Waals surface area (Å²) in [5, 5.41) is 5.05. The van der Waals surface area contributed by atoms with Gasteiger partial charge in [-0.2, -0.15) is 0 Å². The molecule has 2 heterocycles. The second kappa shape index (κ2) is 6.77. The van der Waals surface area contributed by atoms with Crippen LogP contribution < -0.4 is 5.32 Å². The molecule has 22 heavy (non-hydrogen) atoms. The van der Waals surface area contributed by atoms with Gasteiger partial charge in [0.2, 0.25) is 5.91 Å². The summed E-state index contributed by atoms with van der Waals surface area (Å²) in [6.45, 7) is 1.14. The Morgan fingerprint density at radius 1 is 1.45 bits per heavy atom. The van der Waals surface area contributed by atoms with Crippen molar-refractivity contribution in [3.8, 4) is 0 Å². The third kappa shape index (κ3) is 3.48. The van der Waals surface area contributed by atoms with Gasteiger partial charge in [0.25, 0.3) is 0 Å². The Balaban J connectivity index is 1.65. The molecule has 1 fully saturated rings. The van der Waals surface area contributed by atoms with Crippen molar-refractivity contribution in [2.75, 3.05) is 18.4 Å². The Labute approximate surface area is 137 Å². The van der Waals surface area contributed by atoms with Crippen LogP contribution in [0.3, 0.4) is 0 Å². The van der Waals surface area contributed by atoms with E-state index >= 15 is 0 Å². The Kier molecular flexibility index (Phi) is 4.76. The largest absolute Gasteiger partial charge is 0.322 e. The molecule has 0 bridgehead atoms. The van der Waals surface area contributed by atoms with Crippen LogP contribution in [-0.2, 0) is 4.79 Å². The number of hydrogen-bond donors (Lipinski definition) is 1. The van der Waals surface area contributed by atoms with Crippen LogP contribution in [0.15, 0.2) is 35.7 Å². The fourth-order valence-corrected chi connectivity index (χ4v) is 3.85. The van der Waals surface area contributed by atoms with E-state index in [-0.39, 0.29) is 24.2 Å². The van der Waals surface area contributed by atoms with E-state index in [0.29, 0.717) is 5.02 Å². The minimum absolute atomic E-state index is 0.129. The molecule has 1 aromatic heterocycles. The van der Waals surface area contributed by atoms with Crippen LogP contribution in [0.5, 0.6) is 0 Å². The predicted molar refractivity (Wildman–Crippen MR) is 87.9 cm³/mol. The minimum Gasteiger partial charge on any atom is -0.322 e. The van der Waals surface area contributed by atoms with Gasteiger partial charge in [-0.15, -0.1) is 11.3 Å². The van der Waals surface area contributed by atoms with Crippen molar-refractivity contribution in [3.63, 3.8) is 0 Å². The maximum absolute atomic E-state index is 13.7. The molecule has 0 aliphatic carbocycles. The second-order valence-corrected chi connectivity index (χ2v) is 6.73. The van der Waals surface area contributed by atoms with Gasteiger partial charge in [0.1, 0.15) is 5.82 Å². The zero-order valence-electron chi connectivity index (χ0n) is 11.9. The smallest absolute Gasteiger partial charge is 0.238 e. The molecule has 1 amide bonds. The van der Waals surface area contributed by atoms with Crippen LogP contribution in [0.2, 0.25) is 5.02 Å². The maximum atomic E-state index is 13.7. The molecule has 1 N–H and O–H groups in total. The van der Waals surface area contributed by atoms with Gasteiger partial charge in [0, 0.05) is 15.9 Å². The fourth-order valence-electron chi connectivity index (χ4n) is 2.79. The van der Waals surface area contributed by atoms with Crippen LogP contribution >= 0.6 is 22.9 Å². The normalized spacial score (nSPS) is 18.5. The van der Waals surface area contributed by atoms with Crippen molar-refractivity contribution >= 4 is 34.5 Å². The van der Waals surface area contributed by atoms with Crippen molar-refractivity contribution in [3.05, 3.63) is 51.4 Å². The van der Waals surface area contributed by atoms with Gasteiger partial charge in [0.15, 0.2) is 0 Å². The summed E-state index contributed by atoms with van der Waals surface area (Å²) in [4.78, 5) is 15.6. The van der Waals surface area contributed by atoms with E-state index in [4.69, 9.17) is 11.6 Å². The number of nitrogens with zero attached hydrogens (tertiary/aromatic N) is 1. The molecule has 1 aromatic carbocycles. The van der Waals surface area contributed by atoms with Gasteiger partial charge in [0.05, 0.1) is 12.2 Å². The van der Waals surface area contributed by atoms with Gasteiger partial charge >= 0.3 is 0 Å². The second-order valence-electron chi connectivity index (χ2n) is 5.32. The number of likely N-dealkylation sites (tertiary alicyclic amines) is 1. The molecule has 0 spiro atoms. The van der Waals surface area contributed by atoms with E-state index in [1.54, 1.807) is 11.3 Å². The lowest BCUT2D eigenvalue weighted by Gasteiger charge is -2.23. The Hall–Kier alpha value is -1.43. The number of halogens is 2. The minimum atomic E-state index is -0.478. The maximum Gasteiger partial charge on any atom is 0.238 e. The van der Waals surface area contributed by atoms with Crippen molar-refractivity contribution in [2.45, 2.75) is 18.9 Å². The molecule has 0 saturated carbocycles. The first-order valence-corrected chi connectivity index (χ1v) is 8.41. The van der Waals surface area contributed by atoms with E-state index in [1.165, 1.54) is 23.1 Å². The fraction of sp³-hybridized carbons (Fsp3) is 0.312. The molecule has 0 radical (unpaired) electrons. The molecule has 1 aliphatic heterocycles. The summed E-state index contributed by atoms with van der Waals surface area (Å²) < 4.78 is 13.7. The number of benzene rings is 1. The standard InChI is InChI=1S/C16H16ClFN2OS/c17-11-5-6-12(18)13(9-11)19-16(21)10-20-7-1-3-14(20)15-4-2-8-22-15/h2,4-6,8-9,14H,1,3,7,10H2,(H,19,21). The number of amides is 1. The number of thiophene rings is 1. The Morgan fingerprint density at radius 2 is 2.32 bits per heavy atom. The molecule has 1 aliphatic rings. The molecule has 116 valence electrons. The van der Waals surface area contributed by atoms with E-state index in [1.807, 2.05) is 11.4 Å². The van der Waals surface area contributed by atoms with Crippen LogP contribution in [-0.4, -0.2) is 23.9 Å². The van der Waals surface area contributed by atoms with Crippen LogP contribution in [0.4, 0.5) is 10.1 Å². The van der Waals surface area contributed by atoms with Gasteiger partial charge < -0.3 is 5.32 Å². The Morgan fingerprint density at radius 3 is 3.09 bits per heavy atom. The van der Waals surface area contributed by atoms with Gasteiger partial charge in [-0.25, -0.2) is 4.39 Å². The van der Waals surface area contributed by atoms with Crippen molar-refractivity contribution < 1.29 is 9.18 Å². The first kappa shape index (κ1) is 15.5. The van der Waals surface area contributed by atoms with E-state index in [9.17, 15) is 9.18 Å². The van der Waals surface area contributed by atoms with Gasteiger partial charge in [-0.3, -0.25) is 9.69 Å². The van der Waals surface area contributed by atoms with Crippen molar-refractivity contribution in [2.24, 2.45) is 0 Å². The highest BCUT2D eigenvalue weighted by atomic mass is 35.5. The zero-order valence-corrected chi connectivity index (χ0v) is 13.5. The highest BCUT2D eigenvalue weighted by molar-refractivity contribution is 7.10. The summed E-state index contributed by atoms with van der Waals surface area (Å²) in [6.07, 6.45) is 2.13. The van der Waals surface area contributed by atoms with E-state index in [0.717, 1.165) is 19.4 Å². The molecule has 6 heteroatoms. The molecule has 2 aromatic rings. The molecule has 1 atom stereocenters. The number of nitrogens with one attached hydrogen (secondary N) is 1.